The molecule has 0 saturated heterocycles. The van der Waals surface area contributed by atoms with E-state index in [0.717, 1.165) is 6.42 Å². The Bertz CT molecular complexity index is 148. The fourth-order valence-electron chi connectivity index (χ4n) is 1.35. The van der Waals surface area contributed by atoms with Crippen LogP contribution < -0.4 is 5.48 Å². The number of hydroxylamine groups is 1. The van der Waals surface area contributed by atoms with Crippen LogP contribution in [0.25, 0.3) is 0 Å². The fourth-order valence-corrected chi connectivity index (χ4v) is 1.35. The van der Waals surface area contributed by atoms with Gasteiger partial charge in [-0.15, -0.1) is 0 Å². The molecule has 1 unspecified atom stereocenters. The maximum absolute atomic E-state index is 10.5. The first-order valence-corrected chi connectivity index (χ1v) is 5.59. The zero-order valence-corrected chi connectivity index (χ0v) is 9.64. The third kappa shape index (κ3) is 8.05. The van der Waals surface area contributed by atoms with Gasteiger partial charge >= 0.3 is 0 Å². The van der Waals surface area contributed by atoms with E-state index in [4.69, 9.17) is 4.84 Å². The minimum Gasteiger partial charge on any atom is -0.273 e. The van der Waals surface area contributed by atoms with E-state index in [1.54, 1.807) is 0 Å². The van der Waals surface area contributed by atoms with Gasteiger partial charge in [-0.3, -0.25) is 9.63 Å². The molecule has 0 radical (unpaired) electrons. The number of carbonyl (C=O) groups excluding carboxylic acids is 1. The highest BCUT2D eigenvalue weighted by atomic mass is 16.6. The Balaban J connectivity index is 3.42. The quantitative estimate of drug-likeness (QED) is 0.484. The summed E-state index contributed by atoms with van der Waals surface area (Å²) >= 11 is 0. The molecule has 14 heavy (non-hydrogen) atoms. The second-order valence-electron chi connectivity index (χ2n) is 3.74. The van der Waals surface area contributed by atoms with E-state index in [9.17, 15) is 4.79 Å². The molecule has 0 bridgehead atoms. The van der Waals surface area contributed by atoms with Crippen molar-refractivity contribution in [3.05, 3.63) is 0 Å². The summed E-state index contributed by atoms with van der Waals surface area (Å²) in [7, 11) is 0. The lowest BCUT2D eigenvalue weighted by Gasteiger charge is -2.14. The van der Waals surface area contributed by atoms with Gasteiger partial charge in [-0.1, -0.05) is 39.5 Å². The number of carbonyl (C=O) groups is 1. The molecule has 1 amide bonds. The summed E-state index contributed by atoms with van der Waals surface area (Å²) in [5, 5.41) is 0. The number of rotatable bonds is 8. The minimum atomic E-state index is -0.131. The lowest BCUT2D eigenvalue weighted by atomic mass is 10.00. The molecule has 0 aromatic heterocycles. The molecule has 0 heterocycles. The zero-order valence-electron chi connectivity index (χ0n) is 9.64. The van der Waals surface area contributed by atoms with Crippen LogP contribution in [0.15, 0.2) is 0 Å². The Kier molecular flexibility index (Phi) is 8.64. The average molecular weight is 201 g/mol. The summed E-state index contributed by atoms with van der Waals surface area (Å²) in [4.78, 5) is 15.6. The fraction of sp³-hybridized carbons (Fsp3) is 0.909. The van der Waals surface area contributed by atoms with Crippen molar-refractivity contribution in [2.75, 3.05) is 6.61 Å². The van der Waals surface area contributed by atoms with Crippen molar-refractivity contribution in [3.8, 4) is 0 Å². The maximum atomic E-state index is 10.5. The van der Waals surface area contributed by atoms with Gasteiger partial charge < -0.3 is 0 Å². The number of unbranched alkanes of at least 4 members (excludes halogenated alkanes) is 2. The van der Waals surface area contributed by atoms with Crippen LogP contribution in [-0.4, -0.2) is 12.5 Å². The summed E-state index contributed by atoms with van der Waals surface area (Å²) in [6.07, 6.45) is 6.12. The Hall–Kier alpha value is -0.570. The molecule has 1 N–H and O–H groups in total. The standard InChI is InChI=1S/C11H23NO2/c1-4-6-7-8-11(5-2)9-14-12-10(3)13/h11H,4-9H2,1-3H3,(H,12,13). The van der Waals surface area contributed by atoms with Gasteiger partial charge in [0.25, 0.3) is 0 Å². The second kappa shape index (κ2) is 9.00. The van der Waals surface area contributed by atoms with Crippen LogP contribution in [0.5, 0.6) is 0 Å². The van der Waals surface area contributed by atoms with E-state index in [2.05, 4.69) is 19.3 Å². The summed E-state index contributed by atoms with van der Waals surface area (Å²) in [5.41, 5.74) is 2.36. The van der Waals surface area contributed by atoms with Gasteiger partial charge in [-0.25, -0.2) is 5.48 Å². The first-order valence-electron chi connectivity index (χ1n) is 5.59. The van der Waals surface area contributed by atoms with Gasteiger partial charge in [0, 0.05) is 6.92 Å². The monoisotopic (exact) mass is 201 g/mol. The van der Waals surface area contributed by atoms with Crippen LogP contribution in [0.2, 0.25) is 0 Å². The van der Waals surface area contributed by atoms with Crippen molar-refractivity contribution in [2.45, 2.75) is 52.9 Å². The summed E-state index contributed by atoms with van der Waals surface area (Å²) < 4.78 is 0. The highest BCUT2D eigenvalue weighted by Gasteiger charge is 2.06. The van der Waals surface area contributed by atoms with Crippen molar-refractivity contribution in [2.24, 2.45) is 5.92 Å². The molecular formula is C11H23NO2. The molecule has 0 aliphatic carbocycles. The van der Waals surface area contributed by atoms with Gasteiger partial charge in [0.15, 0.2) is 0 Å². The van der Waals surface area contributed by atoms with Crippen molar-refractivity contribution in [1.29, 1.82) is 0 Å². The van der Waals surface area contributed by atoms with Crippen LogP contribution >= 0.6 is 0 Å². The molecular weight excluding hydrogens is 178 g/mol. The molecule has 84 valence electrons. The highest BCUT2D eigenvalue weighted by Crippen LogP contribution is 2.13. The summed E-state index contributed by atoms with van der Waals surface area (Å²) in [6, 6.07) is 0. The summed E-state index contributed by atoms with van der Waals surface area (Å²) in [5.74, 6) is 0.446. The first-order chi connectivity index (χ1) is 6.70. The van der Waals surface area contributed by atoms with E-state index in [1.165, 1.54) is 32.6 Å². The van der Waals surface area contributed by atoms with Crippen molar-refractivity contribution >= 4 is 5.91 Å². The highest BCUT2D eigenvalue weighted by molar-refractivity contribution is 5.71. The summed E-state index contributed by atoms with van der Waals surface area (Å²) in [6.45, 7) is 6.46. The van der Waals surface area contributed by atoms with Crippen LogP contribution in [-0.2, 0) is 9.63 Å². The van der Waals surface area contributed by atoms with Crippen LogP contribution in [0.1, 0.15) is 52.9 Å². The Morgan fingerprint density at radius 1 is 1.36 bits per heavy atom. The van der Waals surface area contributed by atoms with Crippen LogP contribution in [0.4, 0.5) is 0 Å². The molecule has 0 aliphatic heterocycles. The van der Waals surface area contributed by atoms with E-state index < -0.39 is 0 Å². The second-order valence-corrected chi connectivity index (χ2v) is 3.74. The SMILES string of the molecule is CCCCCC(CC)CONC(C)=O. The number of amides is 1. The van der Waals surface area contributed by atoms with Crippen molar-refractivity contribution < 1.29 is 9.63 Å². The van der Waals surface area contributed by atoms with Gasteiger partial charge in [0.05, 0.1) is 6.61 Å². The third-order valence-corrected chi connectivity index (χ3v) is 2.33. The van der Waals surface area contributed by atoms with Crippen LogP contribution in [0.3, 0.4) is 0 Å². The molecule has 0 fully saturated rings. The molecule has 0 aromatic carbocycles. The Labute approximate surface area is 87.2 Å². The predicted molar refractivity (Wildman–Crippen MR) is 57.7 cm³/mol. The van der Waals surface area contributed by atoms with Crippen molar-refractivity contribution in [3.63, 3.8) is 0 Å². The topological polar surface area (TPSA) is 38.3 Å². The van der Waals surface area contributed by atoms with Gasteiger partial charge in [-0.05, 0) is 12.3 Å². The molecule has 0 aliphatic rings. The Morgan fingerprint density at radius 3 is 2.57 bits per heavy atom. The zero-order chi connectivity index (χ0) is 10.8. The van der Waals surface area contributed by atoms with Crippen LogP contribution in [0, 0.1) is 5.92 Å². The Morgan fingerprint density at radius 2 is 2.07 bits per heavy atom. The molecule has 0 aromatic rings. The van der Waals surface area contributed by atoms with Gasteiger partial charge in [0.2, 0.25) is 5.91 Å². The predicted octanol–water partition coefficient (Wildman–Crippen LogP) is 2.66. The average Bonchev–Trinajstić information content (AvgIpc) is 2.15. The number of nitrogens with one attached hydrogen (secondary N) is 1. The first kappa shape index (κ1) is 13.4. The van der Waals surface area contributed by atoms with E-state index in [1.807, 2.05) is 0 Å². The number of hydrogen-bond acceptors (Lipinski definition) is 2. The van der Waals surface area contributed by atoms with Crippen molar-refractivity contribution in [1.82, 2.24) is 5.48 Å². The smallest absolute Gasteiger partial charge is 0.240 e. The van der Waals surface area contributed by atoms with E-state index >= 15 is 0 Å². The van der Waals surface area contributed by atoms with E-state index in [0.29, 0.717) is 12.5 Å². The van der Waals surface area contributed by atoms with Gasteiger partial charge in [-0.2, -0.15) is 0 Å². The minimum absolute atomic E-state index is 0.131. The van der Waals surface area contributed by atoms with Gasteiger partial charge in [0.1, 0.15) is 0 Å². The van der Waals surface area contributed by atoms with E-state index in [-0.39, 0.29) is 5.91 Å². The lowest BCUT2D eigenvalue weighted by Crippen LogP contribution is -2.23. The third-order valence-electron chi connectivity index (χ3n) is 2.33. The normalized spacial score (nSPS) is 12.5. The lowest BCUT2D eigenvalue weighted by molar-refractivity contribution is -0.132. The largest absolute Gasteiger partial charge is 0.273 e. The molecule has 0 rings (SSSR count). The molecule has 1 atom stereocenters. The molecule has 0 saturated carbocycles. The molecule has 3 nitrogen and oxygen atoms in total. The molecule has 3 heteroatoms. The maximum Gasteiger partial charge on any atom is 0.240 e. The number of hydrogen-bond donors (Lipinski definition) is 1. The molecule has 0 spiro atoms.